The van der Waals surface area contributed by atoms with Crippen molar-refractivity contribution in [3.8, 4) is 0 Å². The van der Waals surface area contributed by atoms with Crippen LogP contribution in [0.3, 0.4) is 0 Å². The highest BCUT2D eigenvalue weighted by molar-refractivity contribution is 9.10. The van der Waals surface area contributed by atoms with Gasteiger partial charge in [0, 0.05) is 16.6 Å². The fourth-order valence-electron chi connectivity index (χ4n) is 2.62. The molecular formula is C17H15BrFNO2. The zero-order valence-electron chi connectivity index (χ0n) is 11.9. The van der Waals surface area contributed by atoms with E-state index >= 15 is 0 Å². The fraction of sp³-hybridized carbons (Fsp3) is 0.235. The summed E-state index contributed by atoms with van der Waals surface area (Å²) in [6, 6.07) is 12.5. The topological polar surface area (TPSA) is 29.5 Å². The molecule has 2 aromatic carbocycles. The van der Waals surface area contributed by atoms with Gasteiger partial charge in [0.2, 0.25) is 0 Å². The Kier molecular flexibility index (Phi) is 4.43. The number of benzene rings is 2. The van der Waals surface area contributed by atoms with E-state index in [-0.39, 0.29) is 12.4 Å². The van der Waals surface area contributed by atoms with Crippen molar-refractivity contribution in [2.75, 3.05) is 11.4 Å². The second-order valence-electron chi connectivity index (χ2n) is 5.15. The molecule has 1 aliphatic rings. The lowest BCUT2D eigenvalue weighted by Crippen LogP contribution is -2.36. The first-order valence-electron chi connectivity index (χ1n) is 7.12. The number of halogens is 2. The van der Waals surface area contributed by atoms with Gasteiger partial charge in [0.25, 0.3) is 0 Å². The molecule has 0 saturated heterocycles. The van der Waals surface area contributed by atoms with Crippen LogP contribution >= 0.6 is 15.9 Å². The van der Waals surface area contributed by atoms with Crippen LogP contribution in [0.2, 0.25) is 0 Å². The Labute approximate surface area is 136 Å². The van der Waals surface area contributed by atoms with Gasteiger partial charge in [-0.05, 0) is 46.5 Å². The highest BCUT2D eigenvalue weighted by Gasteiger charge is 2.28. The van der Waals surface area contributed by atoms with E-state index in [1.165, 1.54) is 11.0 Å². The van der Waals surface area contributed by atoms with Crippen molar-refractivity contribution in [3.05, 3.63) is 63.9 Å². The number of anilines is 1. The molecule has 0 aromatic heterocycles. The van der Waals surface area contributed by atoms with Gasteiger partial charge >= 0.3 is 6.09 Å². The second-order valence-corrected chi connectivity index (χ2v) is 6.01. The molecule has 0 unspecified atom stereocenters. The predicted octanol–water partition coefficient (Wildman–Crippen LogP) is 4.68. The van der Waals surface area contributed by atoms with Gasteiger partial charge in [-0.2, -0.15) is 0 Å². The van der Waals surface area contributed by atoms with Crippen molar-refractivity contribution in [2.24, 2.45) is 0 Å². The lowest BCUT2D eigenvalue weighted by molar-refractivity contribution is 0.146. The van der Waals surface area contributed by atoms with Gasteiger partial charge < -0.3 is 4.74 Å². The molecule has 0 bridgehead atoms. The summed E-state index contributed by atoms with van der Waals surface area (Å²) in [6.45, 7) is 0.737. The molecule has 0 saturated carbocycles. The summed E-state index contributed by atoms with van der Waals surface area (Å²) < 4.78 is 20.0. The number of amides is 1. The minimum atomic E-state index is -0.448. The molecule has 0 spiro atoms. The van der Waals surface area contributed by atoms with Crippen molar-refractivity contribution in [1.82, 2.24) is 0 Å². The molecule has 5 heteroatoms. The van der Waals surface area contributed by atoms with Gasteiger partial charge in [-0.3, -0.25) is 4.90 Å². The van der Waals surface area contributed by atoms with Crippen molar-refractivity contribution >= 4 is 27.7 Å². The van der Waals surface area contributed by atoms with Crippen LogP contribution in [0.15, 0.2) is 46.9 Å². The minimum Gasteiger partial charge on any atom is -0.444 e. The molecule has 0 radical (unpaired) electrons. The molecule has 0 atom stereocenters. The number of ether oxygens (including phenoxy) is 1. The molecule has 22 heavy (non-hydrogen) atoms. The lowest BCUT2D eigenvalue weighted by Gasteiger charge is -2.30. The lowest BCUT2D eigenvalue weighted by atomic mass is 10.0. The average molecular weight is 364 g/mol. The first-order valence-corrected chi connectivity index (χ1v) is 7.91. The summed E-state index contributed by atoms with van der Waals surface area (Å²) in [6.07, 6.45) is 0.903. The highest BCUT2D eigenvalue weighted by atomic mass is 79.9. The molecule has 0 fully saturated rings. The molecule has 1 aliphatic heterocycles. The summed E-state index contributed by atoms with van der Waals surface area (Å²) in [5.74, 6) is -0.279. The minimum absolute atomic E-state index is 0.207. The Balaban J connectivity index is 1.79. The number of hydrogen-bond acceptors (Lipinski definition) is 2. The van der Waals surface area contributed by atoms with Crippen LogP contribution in [-0.4, -0.2) is 12.6 Å². The van der Waals surface area contributed by atoms with Gasteiger partial charge in [0.05, 0.1) is 5.69 Å². The SMILES string of the molecule is O=C(OCc1ccccc1)N1CCCc2c(F)ccc(Br)c21. The highest BCUT2D eigenvalue weighted by Crippen LogP contribution is 2.36. The van der Waals surface area contributed by atoms with Crippen molar-refractivity contribution in [1.29, 1.82) is 0 Å². The number of fused-ring (bicyclic) bond motifs is 1. The molecule has 3 nitrogen and oxygen atoms in total. The third kappa shape index (κ3) is 2.99. The van der Waals surface area contributed by atoms with E-state index < -0.39 is 6.09 Å². The number of rotatable bonds is 2. The zero-order valence-corrected chi connectivity index (χ0v) is 13.5. The Hall–Kier alpha value is -1.88. The van der Waals surface area contributed by atoms with Crippen molar-refractivity contribution in [3.63, 3.8) is 0 Å². The maximum absolute atomic E-state index is 13.9. The molecule has 114 valence electrons. The number of nitrogens with zero attached hydrogens (tertiary/aromatic N) is 1. The smallest absolute Gasteiger partial charge is 0.414 e. The normalized spacial score (nSPS) is 13.6. The summed E-state index contributed by atoms with van der Waals surface area (Å²) >= 11 is 3.40. The number of carbonyl (C=O) groups excluding carboxylic acids is 1. The second kappa shape index (κ2) is 6.48. The molecule has 1 heterocycles. The Morgan fingerprint density at radius 3 is 2.77 bits per heavy atom. The van der Waals surface area contributed by atoms with Crippen LogP contribution in [0, 0.1) is 5.82 Å². The van der Waals surface area contributed by atoms with E-state index in [9.17, 15) is 9.18 Å². The van der Waals surface area contributed by atoms with Gasteiger partial charge in [-0.25, -0.2) is 9.18 Å². The standard InChI is InChI=1S/C17H15BrFNO2/c18-14-8-9-15(19)13-7-4-10-20(16(13)14)17(21)22-11-12-5-2-1-3-6-12/h1-3,5-6,8-9H,4,7,10-11H2. The van der Waals surface area contributed by atoms with Gasteiger partial charge in [0.15, 0.2) is 0 Å². The fourth-order valence-corrected chi connectivity index (χ4v) is 3.20. The maximum atomic E-state index is 13.9. The monoisotopic (exact) mass is 363 g/mol. The van der Waals surface area contributed by atoms with Crippen molar-refractivity contribution in [2.45, 2.75) is 19.4 Å². The van der Waals surface area contributed by atoms with Crippen LogP contribution < -0.4 is 4.90 Å². The quantitative estimate of drug-likeness (QED) is 0.775. The Bertz CT molecular complexity index is 691. The van der Waals surface area contributed by atoms with Crippen LogP contribution in [-0.2, 0) is 17.8 Å². The Morgan fingerprint density at radius 2 is 2.00 bits per heavy atom. The zero-order chi connectivity index (χ0) is 15.5. The molecule has 3 rings (SSSR count). The predicted molar refractivity (Wildman–Crippen MR) is 86.4 cm³/mol. The van der Waals surface area contributed by atoms with Gasteiger partial charge in [-0.15, -0.1) is 0 Å². The number of hydrogen-bond donors (Lipinski definition) is 0. The van der Waals surface area contributed by atoms with Crippen molar-refractivity contribution < 1.29 is 13.9 Å². The van der Waals surface area contributed by atoms with Crippen LogP contribution in [0.1, 0.15) is 17.5 Å². The van der Waals surface area contributed by atoms with Crippen LogP contribution in [0.5, 0.6) is 0 Å². The first-order chi connectivity index (χ1) is 10.7. The largest absolute Gasteiger partial charge is 0.444 e. The summed E-state index contributed by atoms with van der Waals surface area (Å²) in [5, 5.41) is 0. The average Bonchev–Trinajstić information content (AvgIpc) is 2.56. The maximum Gasteiger partial charge on any atom is 0.414 e. The van der Waals surface area contributed by atoms with E-state index in [1.54, 1.807) is 6.07 Å². The molecular weight excluding hydrogens is 349 g/mol. The van der Waals surface area contributed by atoms with Gasteiger partial charge in [0.1, 0.15) is 12.4 Å². The molecule has 0 aliphatic carbocycles. The van der Waals surface area contributed by atoms with E-state index in [4.69, 9.17) is 4.74 Å². The summed E-state index contributed by atoms with van der Waals surface area (Å²) in [7, 11) is 0. The van der Waals surface area contributed by atoms with E-state index in [2.05, 4.69) is 15.9 Å². The van der Waals surface area contributed by atoms with E-state index in [0.29, 0.717) is 28.7 Å². The third-order valence-electron chi connectivity index (χ3n) is 3.68. The van der Waals surface area contributed by atoms with E-state index in [0.717, 1.165) is 12.0 Å². The van der Waals surface area contributed by atoms with Crippen LogP contribution in [0.25, 0.3) is 0 Å². The third-order valence-corrected chi connectivity index (χ3v) is 4.32. The van der Waals surface area contributed by atoms with E-state index in [1.807, 2.05) is 30.3 Å². The number of carbonyl (C=O) groups is 1. The summed E-state index contributed by atoms with van der Waals surface area (Å²) in [4.78, 5) is 13.9. The molecule has 1 amide bonds. The Morgan fingerprint density at radius 1 is 1.23 bits per heavy atom. The molecule has 2 aromatic rings. The first kappa shape index (κ1) is 15.0. The van der Waals surface area contributed by atoms with Crippen LogP contribution in [0.4, 0.5) is 14.9 Å². The molecule has 0 N–H and O–H groups in total. The van der Waals surface area contributed by atoms with Gasteiger partial charge in [-0.1, -0.05) is 30.3 Å². The summed E-state index contributed by atoms with van der Waals surface area (Å²) in [5.41, 5.74) is 2.08.